The molecular formula is C32H34N4O4. The molecule has 5 aliphatic rings. The van der Waals surface area contributed by atoms with E-state index in [0.717, 1.165) is 76.8 Å². The topological polar surface area (TPSA) is 97.5 Å². The first-order valence-electron chi connectivity index (χ1n) is 14.1. The first kappa shape index (κ1) is 26.0. The summed E-state index contributed by atoms with van der Waals surface area (Å²) in [7, 11) is 0. The summed E-state index contributed by atoms with van der Waals surface area (Å²) in [4.78, 5) is 27.4. The zero-order chi connectivity index (χ0) is 27.8. The molecular weight excluding hydrogens is 504 g/mol. The molecule has 0 aliphatic carbocycles. The summed E-state index contributed by atoms with van der Waals surface area (Å²) >= 11 is 0. The number of carboxylic acids is 1. The molecule has 9 rings (SSSR count). The lowest BCUT2D eigenvalue weighted by Crippen LogP contribution is -2.36. The number of aromatic nitrogens is 3. The molecule has 5 aliphatic heterocycles. The van der Waals surface area contributed by atoms with Crippen molar-refractivity contribution < 1.29 is 19.4 Å². The fraction of sp³-hybridized carbons (Fsp3) is 0.375. The molecule has 0 saturated heterocycles. The van der Waals surface area contributed by atoms with Gasteiger partial charge in [-0.1, -0.05) is 29.5 Å². The van der Waals surface area contributed by atoms with Gasteiger partial charge < -0.3 is 14.7 Å². The normalized spacial score (nSPS) is 17.7. The van der Waals surface area contributed by atoms with Gasteiger partial charge in [0, 0.05) is 31.1 Å². The van der Waals surface area contributed by atoms with Gasteiger partial charge in [0.15, 0.2) is 0 Å². The number of aliphatic carboxylic acids is 1. The van der Waals surface area contributed by atoms with Crippen LogP contribution in [0.1, 0.15) is 75.3 Å². The van der Waals surface area contributed by atoms with Crippen molar-refractivity contribution in [1.29, 1.82) is 0 Å². The maximum Gasteiger partial charge on any atom is 0.304 e. The van der Waals surface area contributed by atoms with Gasteiger partial charge in [0.1, 0.15) is 11.3 Å². The summed E-state index contributed by atoms with van der Waals surface area (Å²) in [6.07, 6.45) is 3.58. The second kappa shape index (κ2) is 10.8. The summed E-state index contributed by atoms with van der Waals surface area (Å²) in [5.41, 5.74) is 8.49. The minimum absolute atomic E-state index is 0.000636. The van der Waals surface area contributed by atoms with Crippen molar-refractivity contribution in [1.82, 2.24) is 19.9 Å². The Morgan fingerprint density at radius 1 is 1.02 bits per heavy atom. The van der Waals surface area contributed by atoms with E-state index in [2.05, 4.69) is 22.4 Å². The average molecular weight is 539 g/mol. The Morgan fingerprint density at radius 2 is 1.90 bits per heavy atom. The van der Waals surface area contributed by atoms with Gasteiger partial charge >= 0.3 is 5.97 Å². The Bertz CT molecular complexity index is 1610. The van der Waals surface area contributed by atoms with Crippen LogP contribution in [0.25, 0.3) is 11.0 Å². The van der Waals surface area contributed by atoms with Crippen LogP contribution in [0, 0.1) is 13.8 Å². The number of ether oxygens (including phenoxy) is 1. The fourth-order valence-electron chi connectivity index (χ4n) is 6.12. The number of amides is 1. The van der Waals surface area contributed by atoms with Crippen LogP contribution in [0.3, 0.4) is 0 Å². The van der Waals surface area contributed by atoms with Gasteiger partial charge in [-0.3, -0.25) is 9.59 Å². The van der Waals surface area contributed by atoms with Gasteiger partial charge in [-0.25, -0.2) is 4.68 Å². The SMILES string of the molecule is Cc1cc2ccc1OCCCCCn1nnc3c(C)c(ccc31)C(CC(=O)O)c1ccc3c(c1)CN(CC3)C2=O. The minimum Gasteiger partial charge on any atom is -0.493 e. The molecule has 0 spiro atoms. The van der Waals surface area contributed by atoms with E-state index in [1.54, 1.807) is 0 Å². The molecule has 1 unspecified atom stereocenters. The molecule has 40 heavy (non-hydrogen) atoms. The molecule has 8 heteroatoms. The van der Waals surface area contributed by atoms with E-state index in [1.165, 1.54) is 5.56 Å². The molecule has 3 aromatic carbocycles. The van der Waals surface area contributed by atoms with Gasteiger partial charge in [-0.15, -0.1) is 5.10 Å². The van der Waals surface area contributed by atoms with Crippen molar-refractivity contribution in [2.75, 3.05) is 13.2 Å². The largest absolute Gasteiger partial charge is 0.493 e. The number of hydrogen-bond donors (Lipinski definition) is 1. The number of aryl methyl sites for hydroxylation is 3. The first-order chi connectivity index (χ1) is 19.4. The van der Waals surface area contributed by atoms with Crippen LogP contribution in [0.15, 0.2) is 48.5 Å². The fourth-order valence-corrected chi connectivity index (χ4v) is 6.12. The van der Waals surface area contributed by atoms with Crippen LogP contribution in [-0.4, -0.2) is 50.0 Å². The van der Waals surface area contributed by atoms with Crippen molar-refractivity contribution >= 4 is 22.9 Å². The lowest BCUT2D eigenvalue weighted by Gasteiger charge is -2.30. The second-order valence-corrected chi connectivity index (χ2v) is 11.0. The summed E-state index contributed by atoms with van der Waals surface area (Å²) in [5.74, 6) is -0.381. The number of benzene rings is 3. The van der Waals surface area contributed by atoms with Gasteiger partial charge in [0.05, 0.1) is 18.5 Å². The van der Waals surface area contributed by atoms with Gasteiger partial charge in [0.2, 0.25) is 0 Å². The lowest BCUT2D eigenvalue weighted by molar-refractivity contribution is -0.137. The number of hydrogen-bond acceptors (Lipinski definition) is 5. The maximum absolute atomic E-state index is 13.5. The predicted octanol–water partition coefficient (Wildman–Crippen LogP) is 5.42. The quantitative estimate of drug-likeness (QED) is 0.366. The highest BCUT2D eigenvalue weighted by Crippen LogP contribution is 2.35. The van der Waals surface area contributed by atoms with Crippen LogP contribution < -0.4 is 4.74 Å². The van der Waals surface area contributed by atoms with Crippen molar-refractivity contribution in [3.8, 4) is 5.75 Å². The lowest BCUT2D eigenvalue weighted by atomic mass is 9.83. The summed E-state index contributed by atoms with van der Waals surface area (Å²) in [5, 5.41) is 18.8. The Hall–Kier alpha value is -4.20. The number of carbonyl (C=O) groups is 2. The van der Waals surface area contributed by atoms with E-state index in [4.69, 9.17) is 4.74 Å². The van der Waals surface area contributed by atoms with Crippen LogP contribution in [0.5, 0.6) is 5.75 Å². The van der Waals surface area contributed by atoms with E-state index < -0.39 is 5.97 Å². The molecule has 0 fully saturated rings. The Balaban J connectivity index is 1.42. The summed E-state index contributed by atoms with van der Waals surface area (Å²) < 4.78 is 7.99. The van der Waals surface area contributed by atoms with E-state index in [9.17, 15) is 14.7 Å². The van der Waals surface area contributed by atoms with Crippen molar-refractivity contribution in [3.63, 3.8) is 0 Å². The molecule has 4 aromatic rings. The molecule has 1 aromatic heterocycles. The van der Waals surface area contributed by atoms with E-state index in [-0.39, 0.29) is 18.2 Å². The Kier molecular flexibility index (Phi) is 7.00. The maximum atomic E-state index is 13.5. The highest BCUT2D eigenvalue weighted by Gasteiger charge is 2.26. The molecule has 8 nitrogen and oxygen atoms in total. The third-order valence-corrected chi connectivity index (χ3v) is 8.36. The third kappa shape index (κ3) is 4.94. The number of rotatable bonds is 2. The molecule has 1 N–H and O–H groups in total. The van der Waals surface area contributed by atoms with E-state index in [0.29, 0.717) is 25.3 Å². The van der Waals surface area contributed by atoms with Crippen LogP contribution in [-0.2, 0) is 24.3 Å². The Morgan fingerprint density at radius 3 is 2.73 bits per heavy atom. The summed E-state index contributed by atoms with van der Waals surface area (Å²) in [6.45, 7) is 6.49. The highest BCUT2D eigenvalue weighted by atomic mass is 16.5. The molecule has 0 saturated carbocycles. The zero-order valence-electron chi connectivity index (χ0n) is 23.0. The third-order valence-electron chi connectivity index (χ3n) is 8.36. The smallest absolute Gasteiger partial charge is 0.304 e. The molecule has 1 atom stereocenters. The van der Waals surface area contributed by atoms with Crippen molar-refractivity contribution in [2.24, 2.45) is 0 Å². The number of carboxylic acid groups (broad SMARTS) is 1. The molecule has 0 radical (unpaired) electrons. The molecule has 1 amide bonds. The van der Waals surface area contributed by atoms with E-state index >= 15 is 0 Å². The van der Waals surface area contributed by atoms with Gasteiger partial charge in [-0.2, -0.15) is 0 Å². The molecule has 206 valence electrons. The molecule has 6 heterocycles. The van der Waals surface area contributed by atoms with Gasteiger partial charge in [-0.05, 0) is 97.2 Å². The molecule has 9 bridgehead atoms. The van der Waals surface area contributed by atoms with Crippen LogP contribution >= 0.6 is 0 Å². The predicted molar refractivity (Wildman–Crippen MR) is 152 cm³/mol. The monoisotopic (exact) mass is 538 g/mol. The van der Waals surface area contributed by atoms with Crippen molar-refractivity contribution in [2.45, 2.75) is 65.0 Å². The zero-order valence-corrected chi connectivity index (χ0v) is 23.0. The van der Waals surface area contributed by atoms with Crippen LogP contribution in [0.2, 0.25) is 0 Å². The van der Waals surface area contributed by atoms with Crippen LogP contribution in [0.4, 0.5) is 0 Å². The Labute approximate surface area is 233 Å². The summed E-state index contributed by atoms with van der Waals surface area (Å²) in [6, 6.07) is 16.0. The van der Waals surface area contributed by atoms with Crippen molar-refractivity contribution in [3.05, 3.63) is 87.5 Å². The number of nitrogens with zero attached hydrogens (tertiary/aromatic N) is 4. The number of carbonyl (C=O) groups excluding carboxylic acids is 1. The minimum atomic E-state index is -0.855. The first-order valence-corrected chi connectivity index (χ1v) is 14.1. The second-order valence-electron chi connectivity index (χ2n) is 11.0. The highest BCUT2D eigenvalue weighted by molar-refractivity contribution is 5.94. The van der Waals surface area contributed by atoms with E-state index in [1.807, 2.05) is 59.8 Å². The standard InChI is InChI=1S/C32H34N4O4/c1-20-16-24-8-11-29(20)40-15-5-3-4-13-36-28-10-9-26(21(2)31(28)33-34-36)27(18-30(37)38)23-7-6-22-12-14-35(32(24)39)19-25(22)17-23/h6-11,16-17,27H,3-5,12-15,18-19H2,1-2H3,(H,37,38). The average Bonchev–Trinajstić information content (AvgIpc) is 3.37. The van der Waals surface area contributed by atoms with Gasteiger partial charge in [0.25, 0.3) is 5.91 Å².